The van der Waals surface area contributed by atoms with E-state index in [-0.39, 0.29) is 6.10 Å². The predicted octanol–water partition coefficient (Wildman–Crippen LogP) is 2.86. The van der Waals surface area contributed by atoms with Gasteiger partial charge < -0.3 is 5.11 Å². The summed E-state index contributed by atoms with van der Waals surface area (Å²) in [7, 11) is 0. The summed E-state index contributed by atoms with van der Waals surface area (Å²) in [6.07, 6.45) is 3.36. The van der Waals surface area contributed by atoms with Crippen LogP contribution in [0.5, 0.6) is 0 Å². The van der Waals surface area contributed by atoms with Crippen molar-refractivity contribution in [2.24, 2.45) is 5.92 Å². The van der Waals surface area contributed by atoms with Crippen molar-refractivity contribution in [3.63, 3.8) is 0 Å². The number of rotatable bonds is 2. The molecule has 0 aromatic heterocycles. The SMILES string of the molecule is CC[C@H]1Cc2ccc([C@@H](C)O)cc2C1. The first-order valence-electron chi connectivity index (χ1n) is 5.50. The maximum Gasteiger partial charge on any atom is 0.0762 e. The molecule has 0 spiro atoms. The van der Waals surface area contributed by atoms with E-state index in [4.69, 9.17) is 0 Å². The Kier molecular flexibility index (Phi) is 2.60. The molecule has 0 fully saturated rings. The van der Waals surface area contributed by atoms with Gasteiger partial charge >= 0.3 is 0 Å². The fourth-order valence-corrected chi connectivity index (χ4v) is 2.28. The summed E-state index contributed by atoms with van der Waals surface area (Å²) in [4.78, 5) is 0. The minimum Gasteiger partial charge on any atom is -0.389 e. The Morgan fingerprint density at radius 2 is 2.07 bits per heavy atom. The smallest absolute Gasteiger partial charge is 0.0762 e. The Labute approximate surface area is 85.8 Å². The highest BCUT2D eigenvalue weighted by molar-refractivity contribution is 5.36. The average molecular weight is 190 g/mol. The van der Waals surface area contributed by atoms with E-state index in [1.807, 2.05) is 6.92 Å². The van der Waals surface area contributed by atoms with Gasteiger partial charge in [-0.25, -0.2) is 0 Å². The fraction of sp³-hybridized carbons (Fsp3) is 0.538. The Hall–Kier alpha value is -0.820. The summed E-state index contributed by atoms with van der Waals surface area (Å²) < 4.78 is 0. The molecule has 1 aromatic rings. The second kappa shape index (κ2) is 3.74. The summed E-state index contributed by atoms with van der Waals surface area (Å²) >= 11 is 0. The summed E-state index contributed by atoms with van der Waals surface area (Å²) in [5, 5.41) is 9.48. The molecule has 0 aliphatic heterocycles. The van der Waals surface area contributed by atoms with Gasteiger partial charge in [0.2, 0.25) is 0 Å². The first-order chi connectivity index (χ1) is 6.70. The molecule has 1 N–H and O–H groups in total. The molecule has 1 heteroatoms. The van der Waals surface area contributed by atoms with E-state index < -0.39 is 0 Å². The zero-order valence-corrected chi connectivity index (χ0v) is 8.96. The topological polar surface area (TPSA) is 20.2 Å². The molecule has 1 nitrogen and oxygen atoms in total. The van der Waals surface area contributed by atoms with Crippen molar-refractivity contribution in [1.82, 2.24) is 0 Å². The van der Waals surface area contributed by atoms with E-state index in [0.29, 0.717) is 0 Å². The molecule has 0 saturated carbocycles. The quantitative estimate of drug-likeness (QED) is 0.760. The average Bonchev–Trinajstić information content (AvgIpc) is 2.58. The van der Waals surface area contributed by atoms with Gasteiger partial charge in [-0.3, -0.25) is 0 Å². The fourth-order valence-electron chi connectivity index (χ4n) is 2.28. The predicted molar refractivity (Wildman–Crippen MR) is 58.3 cm³/mol. The molecular formula is C13H18O. The zero-order valence-electron chi connectivity index (χ0n) is 8.96. The van der Waals surface area contributed by atoms with Gasteiger partial charge in [-0.15, -0.1) is 0 Å². The van der Waals surface area contributed by atoms with Crippen molar-refractivity contribution in [2.45, 2.75) is 39.2 Å². The molecule has 0 amide bonds. The van der Waals surface area contributed by atoms with E-state index in [0.717, 1.165) is 11.5 Å². The van der Waals surface area contributed by atoms with E-state index in [1.165, 1.54) is 30.4 Å². The normalized spacial score (nSPS) is 22.1. The molecule has 0 saturated heterocycles. The summed E-state index contributed by atoms with van der Waals surface area (Å²) in [5.74, 6) is 0.828. The number of hydrogen-bond donors (Lipinski definition) is 1. The molecule has 2 rings (SSSR count). The number of benzene rings is 1. The maximum absolute atomic E-state index is 9.48. The van der Waals surface area contributed by atoms with Gasteiger partial charge in [-0.1, -0.05) is 31.5 Å². The lowest BCUT2D eigenvalue weighted by Gasteiger charge is -2.06. The molecule has 0 bridgehead atoms. The molecule has 76 valence electrons. The lowest BCUT2D eigenvalue weighted by Crippen LogP contribution is -1.95. The van der Waals surface area contributed by atoms with Crippen molar-refractivity contribution in [3.05, 3.63) is 34.9 Å². The van der Waals surface area contributed by atoms with Crippen LogP contribution in [-0.2, 0) is 12.8 Å². The van der Waals surface area contributed by atoms with Gasteiger partial charge in [0, 0.05) is 0 Å². The van der Waals surface area contributed by atoms with Crippen LogP contribution in [0.1, 0.15) is 43.1 Å². The summed E-state index contributed by atoms with van der Waals surface area (Å²) in [6.45, 7) is 4.08. The molecule has 1 aliphatic carbocycles. The lowest BCUT2D eigenvalue weighted by atomic mass is 10.0. The van der Waals surface area contributed by atoms with Gasteiger partial charge in [-0.05, 0) is 42.4 Å². The van der Waals surface area contributed by atoms with Crippen LogP contribution in [-0.4, -0.2) is 5.11 Å². The van der Waals surface area contributed by atoms with Crippen LogP contribution in [0, 0.1) is 5.92 Å². The summed E-state index contributed by atoms with van der Waals surface area (Å²) in [6, 6.07) is 6.42. The van der Waals surface area contributed by atoms with E-state index in [1.54, 1.807) is 0 Å². The third-order valence-electron chi connectivity index (χ3n) is 3.31. The van der Waals surface area contributed by atoms with Crippen molar-refractivity contribution < 1.29 is 5.11 Å². The number of aliphatic hydroxyl groups is 1. The third kappa shape index (κ3) is 1.69. The first kappa shape index (κ1) is 9.72. The molecule has 1 aliphatic rings. The van der Waals surface area contributed by atoms with Crippen molar-refractivity contribution in [2.75, 3.05) is 0 Å². The molecule has 0 radical (unpaired) electrons. The van der Waals surface area contributed by atoms with Gasteiger partial charge in [0.1, 0.15) is 0 Å². The zero-order chi connectivity index (χ0) is 10.1. The largest absolute Gasteiger partial charge is 0.389 e. The number of hydrogen-bond acceptors (Lipinski definition) is 1. The van der Waals surface area contributed by atoms with Crippen molar-refractivity contribution in [3.8, 4) is 0 Å². The van der Waals surface area contributed by atoms with Crippen LogP contribution in [0.25, 0.3) is 0 Å². The van der Waals surface area contributed by atoms with Crippen LogP contribution >= 0.6 is 0 Å². The molecule has 0 unspecified atom stereocenters. The molecule has 2 atom stereocenters. The van der Waals surface area contributed by atoms with Gasteiger partial charge in [0.25, 0.3) is 0 Å². The second-order valence-electron chi connectivity index (χ2n) is 4.39. The van der Waals surface area contributed by atoms with Crippen molar-refractivity contribution >= 4 is 0 Å². The van der Waals surface area contributed by atoms with E-state index >= 15 is 0 Å². The maximum atomic E-state index is 9.48. The third-order valence-corrected chi connectivity index (χ3v) is 3.31. The minimum absolute atomic E-state index is 0.332. The van der Waals surface area contributed by atoms with E-state index in [9.17, 15) is 5.11 Å². The molecule has 0 heterocycles. The van der Waals surface area contributed by atoms with Gasteiger partial charge in [0.15, 0.2) is 0 Å². The van der Waals surface area contributed by atoms with Crippen LogP contribution in [0.3, 0.4) is 0 Å². The summed E-state index contributed by atoms with van der Waals surface area (Å²) in [5.41, 5.74) is 4.00. The molecule has 14 heavy (non-hydrogen) atoms. The molecule has 1 aromatic carbocycles. The van der Waals surface area contributed by atoms with Crippen LogP contribution in [0.2, 0.25) is 0 Å². The Morgan fingerprint density at radius 3 is 2.71 bits per heavy atom. The Balaban J connectivity index is 2.26. The highest BCUT2D eigenvalue weighted by Gasteiger charge is 2.20. The van der Waals surface area contributed by atoms with Crippen molar-refractivity contribution in [1.29, 1.82) is 0 Å². The Bertz CT molecular complexity index is 328. The van der Waals surface area contributed by atoms with Crippen LogP contribution in [0.4, 0.5) is 0 Å². The van der Waals surface area contributed by atoms with E-state index in [2.05, 4.69) is 25.1 Å². The van der Waals surface area contributed by atoms with Gasteiger partial charge in [-0.2, -0.15) is 0 Å². The van der Waals surface area contributed by atoms with Gasteiger partial charge in [0.05, 0.1) is 6.10 Å². The Morgan fingerprint density at radius 1 is 1.36 bits per heavy atom. The van der Waals surface area contributed by atoms with Crippen LogP contribution in [0.15, 0.2) is 18.2 Å². The number of fused-ring (bicyclic) bond motifs is 1. The minimum atomic E-state index is -0.332. The highest BCUT2D eigenvalue weighted by atomic mass is 16.3. The highest BCUT2D eigenvalue weighted by Crippen LogP contribution is 2.30. The standard InChI is InChI=1S/C13H18O/c1-3-10-6-12-5-4-11(9(2)14)8-13(12)7-10/h4-5,8-10,14H,3,6-7H2,1-2H3/t9-,10+/m1/s1. The number of aliphatic hydroxyl groups excluding tert-OH is 1. The first-order valence-corrected chi connectivity index (χ1v) is 5.50. The van der Waals surface area contributed by atoms with Crippen LogP contribution < -0.4 is 0 Å². The monoisotopic (exact) mass is 190 g/mol. The lowest BCUT2D eigenvalue weighted by molar-refractivity contribution is 0.199. The molecular weight excluding hydrogens is 172 g/mol. The second-order valence-corrected chi connectivity index (χ2v) is 4.39.